The zero-order valence-electron chi connectivity index (χ0n) is 17.1. The summed E-state index contributed by atoms with van der Waals surface area (Å²) in [6.07, 6.45) is 5.41. The Morgan fingerprint density at radius 2 is 1.80 bits per heavy atom. The van der Waals surface area contributed by atoms with Gasteiger partial charge in [-0.2, -0.15) is 0 Å². The van der Waals surface area contributed by atoms with E-state index in [1.165, 1.54) is 0 Å². The molecule has 0 aliphatic carbocycles. The predicted molar refractivity (Wildman–Crippen MR) is 115 cm³/mol. The van der Waals surface area contributed by atoms with Crippen LogP contribution in [0.4, 0.5) is 15.4 Å². The van der Waals surface area contributed by atoms with Crippen molar-refractivity contribution in [3.63, 3.8) is 0 Å². The summed E-state index contributed by atoms with van der Waals surface area (Å²) in [7, 11) is 0. The van der Waals surface area contributed by atoms with E-state index in [4.69, 9.17) is 4.74 Å². The lowest BCUT2D eigenvalue weighted by Crippen LogP contribution is -2.33. The van der Waals surface area contributed by atoms with Crippen LogP contribution in [0.2, 0.25) is 0 Å². The molecule has 3 aromatic rings. The van der Waals surface area contributed by atoms with E-state index < -0.39 is 0 Å². The molecule has 0 atom stereocenters. The van der Waals surface area contributed by atoms with E-state index in [1.54, 1.807) is 34.0 Å². The molecule has 156 valence electrons. The number of carbonyl (C=O) groups excluding carboxylic acids is 2. The van der Waals surface area contributed by atoms with Gasteiger partial charge in [0.2, 0.25) is 0 Å². The molecule has 1 saturated heterocycles. The molecule has 1 aliphatic rings. The van der Waals surface area contributed by atoms with Crippen LogP contribution in [0.1, 0.15) is 26.7 Å². The number of aromatic nitrogens is 2. The van der Waals surface area contributed by atoms with Crippen LogP contribution in [-0.2, 0) is 0 Å². The fourth-order valence-corrected chi connectivity index (χ4v) is 3.47. The topological polar surface area (TPSA) is 88.5 Å². The number of hydrogen-bond donors (Lipinski definition) is 2. The molecule has 0 radical (unpaired) electrons. The van der Waals surface area contributed by atoms with Gasteiger partial charge in [-0.15, -0.1) is 0 Å². The molecule has 8 nitrogen and oxygen atoms in total. The predicted octanol–water partition coefficient (Wildman–Crippen LogP) is 4.42. The summed E-state index contributed by atoms with van der Waals surface area (Å²) in [6.45, 7) is 5.39. The third-order valence-corrected chi connectivity index (χ3v) is 4.89. The molecular formula is C22H25N5O3. The Bertz CT molecular complexity index is 1070. The molecule has 2 N–H and O–H groups in total. The summed E-state index contributed by atoms with van der Waals surface area (Å²) < 4.78 is 7.53. The fourth-order valence-electron chi connectivity index (χ4n) is 3.47. The van der Waals surface area contributed by atoms with E-state index in [-0.39, 0.29) is 18.1 Å². The largest absolute Gasteiger partial charge is 0.457 e. The highest BCUT2D eigenvalue weighted by atomic mass is 16.5. The molecule has 8 heteroatoms. The fraction of sp³-hybridized carbons (Fsp3) is 0.318. The van der Waals surface area contributed by atoms with Crippen LogP contribution in [0.3, 0.4) is 0 Å². The van der Waals surface area contributed by atoms with E-state index >= 15 is 0 Å². The Morgan fingerprint density at radius 3 is 2.57 bits per heavy atom. The minimum absolute atomic E-state index is 0.0596. The van der Waals surface area contributed by atoms with Gasteiger partial charge in [0.15, 0.2) is 0 Å². The van der Waals surface area contributed by atoms with Crippen LogP contribution >= 0.6 is 0 Å². The van der Waals surface area contributed by atoms with Crippen LogP contribution in [0, 0.1) is 0 Å². The van der Waals surface area contributed by atoms with E-state index in [2.05, 4.69) is 15.6 Å². The number of pyridine rings is 1. The van der Waals surface area contributed by atoms with Gasteiger partial charge in [0, 0.05) is 43.0 Å². The average molecular weight is 407 g/mol. The first-order chi connectivity index (χ1) is 14.5. The maximum Gasteiger partial charge on any atom is 0.326 e. The first-order valence-electron chi connectivity index (χ1n) is 10.1. The number of nitrogens with one attached hydrogen (secondary N) is 2. The van der Waals surface area contributed by atoms with Crippen LogP contribution in [0.5, 0.6) is 11.5 Å². The second-order valence-electron chi connectivity index (χ2n) is 7.61. The molecule has 0 bridgehead atoms. The summed E-state index contributed by atoms with van der Waals surface area (Å²) in [5.41, 5.74) is 0.800. The Morgan fingerprint density at radius 1 is 1.03 bits per heavy atom. The maximum atomic E-state index is 12.3. The quantitative estimate of drug-likeness (QED) is 0.670. The molecule has 0 spiro atoms. The van der Waals surface area contributed by atoms with Crippen molar-refractivity contribution in [3.05, 3.63) is 48.8 Å². The van der Waals surface area contributed by atoms with Gasteiger partial charge in [-0.3, -0.25) is 9.88 Å². The number of amides is 3. The van der Waals surface area contributed by atoms with Crippen molar-refractivity contribution in [2.24, 2.45) is 0 Å². The molecule has 0 unspecified atom stereocenters. The first kappa shape index (κ1) is 19.8. The average Bonchev–Trinajstić information content (AvgIpc) is 3.37. The zero-order chi connectivity index (χ0) is 21.1. The van der Waals surface area contributed by atoms with Crippen LogP contribution in [0.25, 0.3) is 10.9 Å². The third-order valence-electron chi connectivity index (χ3n) is 4.89. The summed E-state index contributed by atoms with van der Waals surface area (Å²) in [5, 5.41) is 6.59. The van der Waals surface area contributed by atoms with Crippen molar-refractivity contribution < 1.29 is 14.3 Å². The minimum atomic E-state index is -0.166. The Hall–Kier alpha value is -3.55. The molecule has 1 aliphatic heterocycles. The van der Waals surface area contributed by atoms with Crippen molar-refractivity contribution in [2.45, 2.75) is 32.7 Å². The van der Waals surface area contributed by atoms with Crippen LogP contribution in [0.15, 0.2) is 48.8 Å². The number of rotatable bonds is 4. The maximum absolute atomic E-state index is 12.3. The molecule has 3 heterocycles. The Balaban J connectivity index is 1.47. The molecule has 30 heavy (non-hydrogen) atoms. The van der Waals surface area contributed by atoms with Crippen LogP contribution < -0.4 is 15.4 Å². The number of urea groups is 1. The second-order valence-corrected chi connectivity index (χ2v) is 7.61. The lowest BCUT2D eigenvalue weighted by Gasteiger charge is -2.16. The summed E-state index contributed by atoms with van der Waals surface area (Å²) in [4.78, 5) is 30.5. The number of carbonyl (C=O) groups is 2. The molecule has 2 aromatic heterocycles. The van der Waals surface area contributed by atoms with Crippen LogP contribution in [-0.4, -0.2) is 45.6 Å². The van der Waals surface area contributed by atoms with Crippen molar-refractivity contribution in [1.29, 1.82) is 0 Å². The van der Waals surface area contributed by atoms with Crippen molar-refractivity contribution in [2.75, 3.05) is 18.4 Å². The Labute approximate surface area is 174 Å². The zero-order valence-corrected chi connectivity index (χ0v) is 17.1. The van der Waals surface area contributed by atoms with Gasteiger partial charge >= 0.3 is 12.1 Å². The van der Waals surface area contributed by atoms with Gasteiger partial charge in [0.25, 0.3) is 0 Å². The summed E-state index contributed by atoms with van der Waals surface area (Å²) >= 11 is 0. The van der Waals surface area contributed by atoms with E-state index in [0.29, 0.717) is 17.3 Å². The number of likely N-dealkylation sites (tertiary alicyclic amines) is 1. The SMILES string of the molecule is CC(C)NC(=O)n1ccc2cc(Oc3ccnc(NC(=O)N4CCCC4)c3)ccc21. The first-order valence-corrected chi connectivity index (χ1v) is 10.1. The highest BCUT2D eigenvalue weighted by Crippen LogP contribution is 2.27. The van der Waals surface area contributed by atoms with Gasteiger partial charge in [0.05, 0.1) is 5.52 Å². The van der Waals surface area contributed by atoms with E-state index in [0.717, 1.165) is 36.8 Å². The molecular weight excluding hydrogens is 382 g/mol. The summed E-state index contributed by atoms with van der Waals surface area (Å²) in [6, 6.07) is 10.6. The van der Waals surface area contributed by atoms with Gasteiger partial charge in [-0.25, -0.2) is 14.6 Å². The number of benzene rings is 1. The van der Waals surface area contributed by atoms with Crippen molar-refractivity contribution in [3.8, 4) is 11.5 Å². The lowest BCUT2D eigenvalue weighted by molar-refractivity contribution is 0.222. The van der Waals surface area contributed by atoms with E-state index in [9.17, 15) is 9.59 Å². The number of nitrogens with zero attached hydrogens (tertiary/aromatic N) is 3. The normalized spacial score (nSPS) is 13.6. The highest BCUT2D eigenvalue weighted by molar-refractivity contribution is 5.92. The molecule has 0 saturated carbocycles. The highest BCUT2D eigenvalue weighted by Gasteiger charge is 2.18. The smallest absolute Gasteiger partial charge is 0.326 e. The summed E-state index contributed by atoms with van der Waals surface area (Å²) in [5.74, 6) is 1.65. The van der Waals surface area contributed by atoms with E-state index in [1.807, 2.05) is 38.1 Å². The molecule has 3 amide bonds. The van der Waals surface area contributed by atoms with Gasteiger partial charge in [-0.05, 0) is 57.0 Å². The monoisotopic (exact) mass is 407 g/mol. The van der Waals surface area contributed by atoms with Crippen molar-refractivity contribution >= 4 is 28.8 Å². The standard InChI is InChI=1S/C22H25N5O3/c1-15(2)24-22(29)27-12-8-16-13-17(5-6-19(16)27)30-18-7-9-23-20(14-18)25-21(28)26-10-3-4-11-26/h5-9,12-15H,3-4,10-11H2,1-2H3,(H,24,29)(H,23,25,28). The number of anilines is 1. The number of hydrogen-bond acceptors (Lipinski definition) is 4. The Kier molecular flexibility index (Phi) is 5.56. The third kappa shape index (κ3) is 4.37. The van der Waals surface area contributed by atoms with Gasteiger partial charge in [0.1, 0.15) is 17.3 Å². The minimum Gasteiger partial charge on any atom is -0.457 e. The molecule has 4 rings (SSSR count). The van der Waals surface area contributed by atoms with Crippen molar-refractivity contribution in [1.82, 2.24) is 19.8 Å². The molecule has 1 fully saturated rings. The lowest BCUT2D eigenvalue weighted by atomic mass is 10.2. The number of fused-ring (bicyclic) bond motifs is 1. The van der Waals surface area contributed by atoms with Gasteiger partial charge < -0.3 is 15.0 Å². The van der Waals surface area contributed by atoms with Gasteiger partial charge in [-0.1, -0.05) is 0 Å². The number of ether oxygens (including phenoxy) is 1. The molecule has 1 aromatic carbocycles. The second kappa shape index (κ2) is 8.44.